The molecular formula is C19H23BrN2O2. The fourth-order valence-electron chi connectivity index (χ4n) is 2.50. The van der Waals surface area contributed by atoms with Gasteiger partial charge in [-0.25, -0.2) is 5.43 Å². The average molecular weight is 391 g/mol. The smallest absolute Gasteiger partial charge is 0.277 e. The molecule has 0 bridgehead atoms. The second kappa shape index (κ2) is 8.29. The van der Waals surface area contributed by atoms with Gasteiger partial charge in [-0.1, -0.05) is 34.2 Å². The number of hydrogen-bond acceptors (Lipinski definition) is 3. The molecule has 0 spiro atoms. The van der Waals surface area contributed by atoms with Crippen LogP contribution in [0, 0.1) is 12.8 Å². The molecular weight excluding hydrogens is 368 g/mol. The first-order valence-corrected chi connectivity index (χ1v) is 8.73. The fourth-order valence-corrected chi connectivity index (χ4v) is 2.98. The molecule has 0 saturated carbocycles. The Kier molecular flexibility index (Phi) is 6.37. The van der Waals surface area contributed by atoms with Gasteiger partial charge in [0.1, 0.15) is 5.75 Å². The van der Waals surface area contributed by atoms with Crippen LogP contribution in [0.3, 0.4) is 0 Å². The number of hydrazone groups is 1. The van der Waals surface area contributed by atoms with Crippen LogP contribution >= 0.6 is 15.9 Å². The highest BCUT2D eigenvalue weighted by Crippen LogP contribution is 2.26. The largest absolute Gasteiger partial charge is 0.483 e. The van der Waals surface area contributed by atoms with Crippen LogP contribution in [0.1, 0.15) is 32.3 Å². The van der Waals surface area contributed by atoms with Crippen LogP contribution in [0.5, 0.6) is 5.75 Å². The number of amides is 1. The maximum absolute atomic E-state index is 12.0. The summed E-state index contributed by atoms with van der Waals surface area (Å²) >= 11 is 3.40. The van der Waals surface area contributed by atoms with Gasteiger partial charge in [-0.2, -0.15) is 5.10 Å². The Morgan fingerprint density at radius 3 is 2.88 bits per heavy atom. The topological polar surface area (TPSA) is 50.7 Å². The third kappa shape index (κ3) is 5.06. The molecule has 1 unspecified atom stereocenters. The van der Waals surface area contributed by atoms with Crippen molar-refractivity contribution in [1.29, 1.82) is 0 Å². The number of carbonyl (C=O) groups excluding carboxylic acids is 1. The van der Waals surface area contributed by atoms with Gasteiger partial charge in [0.05, 0.1) is 5.71 Å². The molecule has 2 rings (SSSR count). The van der Waals surface area contributed by atoms with Crippen LogP contribution in [0.15, 0.2) is 51.6 Å². The number of aryl methyl sites for hydroxylation is 1. The summed E-state index contributed by atoms with van der Waals surface area (Å²) in [5.41, 5.74) is 6.72. The summed E-state index contributed by atoms with van der Waals surface area (Å²) in [6.45, 7) is 9.94. The van der Waals surface area contributed by atoms with E-state index in [2.05, 4.69) is 39.1 Å². The highest BCUT2D eigenvalue weighted by molar-refractivity contribution is 9.10. The lowest BCUT2D eigenvalue weighted by Crippen LogP contribution is -2.27. The molecule has 24 heavy (non-hydrogen) atoms. The summed E-state index contributed by atoms with van der Waals surface area (Å²) in [6, 6.07) is 5.67. The second-order valence-corrected chi connectivity index (χ2v) is 7.08. The van der Waals surface area contributed by atoms with Crippen LogP contribution in [-0.4, -0.2) is 18.2 Å². The van der Waals surface area contributed by atoms with E-state index in [9.17, 15) is 4.79 Å². The Bertz CT molecular complexity index is 707. The van der Waals surface area contributed by atoms with E-state index < -0.39 is 0 Å². The predicted octanol–water partition coefficient (Wildman–Crippen LogP) is 4.54. The molecule has 1 aliphatic carbocycles. The zero-order valence-electron chi connectivity index (χ0n) is 14.4. The number of nitrogens with zero attached hydrogens (tertiary/aromatic N) is 1. The number of hydrogen-bond donors (Lipinski definition) is 1. The van der Waals surface area contributed by atoms with Gasteiger partial charge in [-0.15, -0.1) is 0 Å². The molecule has 128 valence electrons. The zero-order valence-corrected chi connectivity index (χ0v) is 15.9. The van der Waals surface area contributed by atoms with Crippen molar-refractivity contribution in [2.75, 3.05) is 6.61 Å². The van der Waals surface area contributed by atoms with Crippen LogP contribution in [-0.2, 0) is 4.79 Å². The zero-order chi connectivity index (χ0) is 17.7. The molecule has 0 fully saturated rings. The summed E-state index contributed by atoms with van der Waals surface area (Å²) < 4.78 is 6.53. The van der Waals surface area contributed by atoms with Gasteiger partial charge in [0.2, 0.25) is 0 Å². The molecule has 1 amide bonds. The lowest BCUT2D eigenvalue weighted by molar-refractivity contribution is -0.123. The summed E-state index contributed by atoms with van der Waals surface area (Å²) in [7, 11) is 0. The minimum atomic E-state index is -0.268. The number of benzene rings is 1. The van der Waals surface area contributed by atoms with Gasteiger partial charge in [0, 0.05) is 4.47 Å². The number of ether oxygens (including phenoxy) is 1. The van der Waals surface area contributed by atoms with Crippen molar-refractivity contribution in [3.63, 3.8) is 0 Å². The predicted molar refractivity (Wildman–Crippen MR) is 101 cm³/mol. The minimum absolute atomic E-state index is 0.0636. The molecule has 0 radical (unpaired) electrons. The van der Waals surface area contributed by atoms with Crippen LogP contribution in [0.25, 0.3) is 0 Å². The maximum atomic E-state index is 12.0. The highest BCUT2D eigenvalue weighted by Gasteiger charge is 2.18. The quantitative estimate of drug-likeness (QED) is 0.592. The monoisotopic (exact) mass is 390 g/mol. The minimum Gasteiger partial charge on any atom is -0.483 e. The van der Waals surface area contributed by atoms with Crippen molar-refractivity contribution >= 4 is 27.5 Å². The van der Waals surface area contributed by atoms with E-state index in [-0.39, 0.29) is 12.5 Å². The molecule has 1 aromatic rings. The highest BCUT2D eigenvalue weighted by atomic mass is 79.9. The normalized spacial score (nSPS) is 18.9. The molecule has 1 aromatic carbocycles. The van der Waals surface area contributed by atoms with E-state index in [0.29, 0.717) is 11.7 Å². The number of allylic oxidation sites excluding steroid dienone is 3. The van der Waals surface area contributed by atoms with Crippen molar-refractivity contribution in [2.24, 2.45) is 11.0 Å². The van der Waals surface area contributed by atoms with Crippen LogP contribution < -0.4 is 10.2 Å². The van der Waals surface area contributed by atoms with Crippen molar-refractivity contribution in [3.05, 3.63) is 52.0 Å². The van der Waals surface area contributed by atoms with E-state index in [0.717, 1.165) is 39.7 Å². The molecule has 5 heteroatoms. The fraction of sp³-hybridized carbons (Fsp3) is 0.368. The number of rotatable bonds is 5. The summed E-state index contributed by atoms with van der Waals surface area (Å²) in [5.74, 6) is 0.818. The molecule has 1 aliphatic rings. The molecule has 0 heterocycles. The van der Waals surface area contributed by atoms with Gasteiger partial charge in [0.25, 0.3) is 5.91 Å². The Morgan fingerprint density at radius 2 is 2.21 bits per heavy atom. The number of carbonyl (C=O) groups is 1. The van der Waals surface area contributed by atoms with E-state index in [4.69, 9.17) is 4.74 Å². The van der Waals surface area contributed by atoms with Gasteiger partial charge in [0.15, 0.2) is 6.61 Å². The molecule has 1 atom stereocenters. The van der Waals surface area contributed by atoms with E-state index in [1.54, 1.807) is 0 Å². The van der Waals surface area contributed by atoms with E-state index in [1.807, 2.05) is 39.0 Å². The third-order valence-electron chi connectivity index (χ3n) is 4.11. The van der Waals surface area contributed by atoms with Gasteiger partial charge >= 0.3 is 0 Å². The lowest BCUT2D eigenvalue weighted by atomic mass is 9.85. The van der Waals surface area contributed by atoms with Crippen molar-refractivity contribution < 1.29 is 9.53 Å². The number of nitrogens with one attached hydrogen (secondary N) is 1. The van der Waals surface area contributed by atoms with Crippen molar-refractivity contribution in [1.82, 2.24) is 5.43 Å². The summed E-state index contributed by atoms with van der Waals surface area (Å²) in [6.07, 6.45) is 3.94. The lowest BCUT2D eigenvalue weighted by Gasteiger charge is -2.22. The molecule has 1 N–H and O–H groups in total. The first-order valence-electron chi connectivity index (χ1n) is 7.93. The Labute approximate surface area is 151 Å². The Hall–Kier alpha value is -1.88. The van der Waals surface area contributed by atoms with E-state index in [1.165, 1.54) is 0 Å². The van der Waals surface area contributed by atoms with Gasteiger partial charge < -0.3 is 4.74 Å². The van der Waals surface area contributed by atoms with Gasteiger partial charge in [-0.3, -0.25) is 4.79 Å². The molecule has 0 aliphatic heterocycles. The third-order valence-corrected chi connectivity index (χ3v) is 4.60. The van der Waals surface area contributed by atoms with Crippen LogP contribution in [0.2, 0.25) is 0 Å². The van der Waals surface area contributed by atoms with E-state index >= 15 is 0 Å². The van der Waals surface area contributed by atoms with Crippen molar-refractivity contribution in [3.8, 4) is 5.75 Å². The molecule has 0 aromatic heterocycles. The first-order chi connectivity index (χ1) is 11.4. The first kappa shape index (κ1) is 18.5. The van der Waals surface area contributed by atoms with Crippen molar-refractivity contribution in [2.45, 2.75) is 33.6 Å². The average Bonchev–Trinajstić information content (AvgIpc) is 2.53. The summed E-state index contributed by atoms with van der Waals surface area (Å²) in [5, 5.41) is 4.27. The maximum Gasteiger partial charge on any atom is 0.277 e. The summed E-state index contributed by atoms with van der Waals surface area (Å²) in [4.78, 5) is 12.0. The van der Waals surface area contributed by atoms with Gasteiger partial charge in [-0.05, 0) is 68.9 Å². The Morgan fingerprint density at radius 1 is 1.46 bits per heavy atom. The number of halogens is 1. The molecule has 4 nitrogen and oxygen atoms in total. The Balaban J connectivity index is 1.91. The molecule has 0 saturated heterocycles. The van der Waals surface area contributed by atoms with Crippen LogP contribution in [0.4, 0.5) is 0 Å². The second-order valence-electron chi connectivity index (χ2n) is 6.16. The SMILES string of the molecule is C=C(C)C1CC=C(C)/C(=N/NC(=O)COc2ccc(Br)cc2C)C1. The standard InChI is InChI=1S/C19H23BrN2O2/c1-12(2)15-6-5-13(3)17(10-15)21-22-19(23)11-24-18-8-7-16(20)9-14(18)4/h5,7-9,15H,1,6,10-11H2,2-4H3,(H,22,23)/b21-17+.